The van der Waals surface area contributed by atoms with Gasteiger partial charge in [0.25, 0.3) is 5.91 Å². The highest BCUT2D eigenvalue weighted by Crippen LogP contribution is 2.33. The molecule has 0 saturated carbocycles. The molecule has 1 saturated heterocycles. The SMILES string of the molecule is Cc1cc(C(=O)N2CCC2)sc1-c1ccc(F)cc1. The molecular formula is C15H14FNOS. The summed E-state index contributed by atoms with van der Waals surface area (Å²) in [6.07, 6.45) is 1.10. The lowest BCUT2D eigenvalue weighted by Gasteiger charge is -2.30. The van der Waals surface area contributed by atoms with Gasteiger partial charge in [0.15, 0.2) is 0 Å². The van der Waals surface area contributed by atoms with Gasteiger partial charge in [-0.3, -0.25) is 4.79 Å². The van der Waals surface area contributed by atoms with Crippen molar-refractivity contribution in [1.82, 2.24) is 4.90 Å². The van der Waals surface area contributed by atoms with Gasteiger partial charge in [-0.1, -0.05) is 12.1 Å². The van der Waals surface area contributed by atoms with Crippen LogP contribution in [0.2, 0.25) is 0 Å². The summed E-state index contributed by atoms with van der Waals surface area (Å²) >= 11 is 1.49. The van der Waals surface area contributed by atoms with Crippen molar-refractivity contribution in [2.24, 2.45) is 0 Å². The quantitative estimate of drug-likeness (QED) is 0.818. The molecule has 0 radical (unpaired) electrons. The molecule has 0 bridgehead atoms. The first kappa shape index (κ1) is 12.4. The average Bonchev–Trinajstić information content (AvgIpc) is 2.70. The molecule has 98 valence electrons. The van der Waals surface area contributed by atoms with Gasteiger partial charge in [0.1, 0.15) is 5.82 Å². The third-order valence-corrected chi connectivity index (χ3v) is 4.65. The van der Waals surface area contributed by atoms with Crippen molar-refractivity contribution in [2.75, 3.05) is 13.1 Å². The smallest absolute Gasteiger partial charge is 0.263 e. The van der Waals surface area contributed by atoms with E-state index in [0.717, 1.165) is 40.4 Å². The first-order chi connectivity index (χ1) is 9.15. The molecule has 1 fully saturated rings. The highest BCUT2D eigenvalue weighted by atomic mass is 32.1. The molecule has 1 aliphatic heterocycles. The normalized spacial score (nSPS) is 14.3. The number of carbonyl (C=O) groups excluding carboxylic acids is 1. The molecule has 1 aromatic heterocycles. The molecule has 2 aromatic rings. The summed E-state index contributed by atoms with van der Waals surface area (Å²) in [5.74, 6) is -0.123. The molecule has 19 heavy (non-hydrogen) atoms. The minimum atomic E-state index is -0.241. The number of hydrogen-bond acceptors (Lipinski definition) is 2. The van der Waals surface area contributed by atoms with Crippen LogP contribution in [0.5, 0.6) is 0 Å². The fraction of sp³-hybridized carbons (Fsp3) is 0.267. The van der Waals surface area contributed by atoms with Crippen molar-refractivity contribution in [3.63, 3.8) is 0 Å². The summed E-state index contributed by atoms with van der Waals surface area (Å²) in [4.78, 5) is 15.8. The summed E-state index contributed by atoms with van der Waals surface area (Å²) in [6.45, 7) is 3.71. The van der Waals surface area contributed by atoms with Gasteiger partial charge in [0.05, 0.1) is 4.88 Å². The molecule has 1 aromatic carbocycles. The van der Waals surface area contributed by atoms with Crippen molar-refractivity contribution >= 4 is 17.2 Å². The van der Waals surface area contributed by atoms with Gasteiger partial charge in [-0.25, -0.2) is 4.39 Å². The number of halogens is 1. The Balaban J connectivity index is 1.92. The molecule has 0 aliphatic carbocycles. The second-order valence-corrected chi connectivity index (χ2v) is 5.83. The Bertz CT molecular complexity index is 614. The van der Waals surface area contributed by atoms with Crippen LogP contribution in [0.25, 0.3) is 10.4 Å². The van der Waals surface area contributed by atoms with E-state index in [-0.39, 0.29) is 11.7 Å². The van der Waals surface area contributed by atoms with Gasteiger partial charge in [0, 0.05) is 18.0 Å². The number of benzene rings is 1. The van der Waals surface area contributed by atoms with Gasteiger partial charge in [-0.05, 0) is 42.7 Å². The van der Waals surface area contributed by atoms with E-state index in [2.05, 4.69) is 0 Å². The minimum Gasteiger partial charge on any atom is -0.338 e. The summed E-state index contributed by atoms with van der Waals surface area (Å²) in [7, 11) is 0. The molecule has 0 atom stereocenters. The number of thiophene rings is 1. The molecule has 3 rings (SSSR count). The van der Waals surface area contributed by atoms with Crippen LogP contribution in [0.1, 0.15) is 21.7 Å². The highest BCUT2D eigenvalue weighted by molar-refractivity contribution is 7.17. The lowest BCUT2D eigenvalue weighted by atomic mass is 10.1. The first-order valence-electron chi connectivity index (χ1n) is 6.31. The zero-order chi connectivity index (χ0) is 13.4. The van der Waals surface area contributed by atoms with Crippen molar-refractivity contribution in [2.45, 2.75) is 13.3 Å². The Morgan fingerprint density at radius 3 is 2.53 bits per heavy atom. The molecule has 2 nitrogen and oxygen atoms in total. The second kappa shape index (κ2) is 4.78. The maximum Gasteiger partial charge on any atom is 0.263 e. The Labute approximate surface area is 115 Å². The van der Waals surface area contributed by atoms with Crippen LogP contribution in [0.3, 0.4) is 0 Å². The second-order valence-electron chi connectivity index (χ2n) is 4.78. The fourth-order valence-corrected chi connectivity index (χ4v) is 3.30. The van der Waals surface area contributed by atoms with Gasteiger partial charge in [-0.2, -0.15) is 0 Å². The van der Waals surface area contributed by atoms with Crippen molar-refractivity contribution in [1.29, 1.82) is 0 Å². The predicted octanol–water partition coefficient (Wildman–Crippen LogP) is 3.71. The van der Waals surface area contributed by atoms with Gasteiger partial charge < -0.3 is 4.90 Å². The summed E-state index contributed by atoms with van der Waals surface area (Å²) in [5.41, 5.74) is 2.03. The highest BCUT2D eigenvalue weighted by Gasteiger charge is 2.23. The van der Waals surface area contributed by atoms with Crippen LogP contribution in [0.15, 0.2) is 30.3 Å². The number of carbonyl (C=O) groups is 1. The number of amides is 1. The van der Waals surface area contributed by atoms with Crippen molar-refractivity contribution in [3.05, 3.63) is 46.6 Å². The van der Waals surface area contributed by atoms with Crippen LogP contribution >= 0.6 is 11.3 Å². The Kier molecular flexibility index (Phi) is 3.11. The molecule has 1 amide bonds. The van der Waals surface area contributed by atoms with E-state index in [1.165, 1.54) is 23.5 Å². The third-order valence-electron chi connectivity index (χ3n) is 3.38. The minimum absolute atomic E-state index is 0.118. The third kappa shape index (κ3) is 2.28. The molecule has 2 heterocycles. The van der Waals surface area contributed by atoms with Gasteiger partial charge in [0.2, 0.25) is 0 Å². The maximum absolute atomic E-state index is 12.9. The van der Waals surface area contributed by atoms with Crippen molar-refractivity contribution in [3.8, 4) is 10.4 Å². The number of aryl methyl sites for hydroxylation is 1. The maximum atomic E-state index is 12.9. The molecule has 0 unspecified atom stereocenters. The molecule has 0 N–H and O–H groups in total. The summed E-state index contributed by atoms with van der Waals surface area (Å²) in [5, 5.41) is 0. The number of nitrogens with zero attached hydrogens (tertiary/aromatic N) is 1. The first-order valence-corrected chi connectivity index (χ1v) is 7.12. The van der Waals surface area contributed by atoms with Crippen molar-refractivity contribution < 1.29 is 9.18 Å². The zero-order valence-electron chi connectivity index (χ0n) is 10.6. The predicted molar refractivity (Wildman–Crippen MR) is 75.0 cm³/mol. The van der Waals surface area contributed by atoms with E-state index in [9.17, 15) is 9.18 Å². The Morgan fingerprint density at radius 1 is 1.26 bits per heavy atom. The van der Waals surface area contributed by atoms with Crippen LogP contribution in [0.4, 0.5) is 4.39 Å². The van der Waals surface area contributed by atoms with Gasteiger partial charge >= 0.3 is 0 Å². The number of rotatable bonds is 2. The standard InChI is InChI=1S/C15H14FNOS/c1-10-9-13(15(18)17-7-2-8-17)19-14(10)11-3-5-12(16)6-4-11/h3-6,9H,2,7-8H2,1H3. The van der Waals surface area contributed by atoms with E-state index >= 15 is 0 Å². The summed E-state index contributed by atoms with van der Waals surface area (Å²) in [6, 6.07) is 8.35. The zero-order valence-corrected chi connectivity index (χ0v) is 11.5. The monoisotopic (exact) mass is 275 g/mol. The lowest BCUT2D eigenvalue weighted by Crippen LogP contribution is -2.41. The van der Waals surface area contributed by atoms with E-state index in [0.29, 0.717) is 0 Å². The van der Waals surface area contributed by atoms with E-state index in [1.54, 1.807) is 12.1 Å². The largest absolute Gasteiger partial charge is 0.338 e. The number of hydrogen-bond donors (Lipinski definition) is 0. The number of likely N-dealkylation sites (tertiary alicyclic amines) is 1. The molecule has 1 aliphatic rings. The molecule has 0 spiro atoms. The Morgan fingerprint density at radius 2 is 1.95 bits per heavy atom. The van der Waals surface area contributed by atoms with Gasteiger partial charge in [-0.15, -0.1) is 11.3 Å². The molecule has 4 heteroatoms. The average molecular weight is 275 g/mol. The lowest BCUT2D eigenvalue weighted by molar-refractivity contribution is 0.0657. The van der Waals surface area contributed by atoms with Crippen LogP contribution in [0, 0.1) is 12.7 Å². The van der Waals surface area contributed by atoms with Crippen LogP contribution in [-0.4, -0.2) is 23.9 Å². The summed E-state index contributed by atoms with van der Waals surface area (Å²) < 4.78 is 12.9. The van der Waals surface area contributed by atoms with Crippen LogP contribution < -0.4 is 0 Å². The topological polar surface area (TPSA) is 20.3 Å². The fourth-order valence-electron chi connectivity index (χ4n) is 2.15. The van der Waals surface area contributed by atoms with E-state index in [4.69, 9.17) is 0 Å². The van der Waals surface area contributed by atoms with E-state index < -0.39 is 0 Å². The van der Waals surface area contributed by atoms with E-state index in [1.807, 2.05) is 17.9 Å². The molecular weight excluding hydrogens is 261 g/mol. The Hall–Kier alpha value is -1.68. The van der Waals surface area contributed by atoms with Crippen LogP contribution in [-0.2, 0) is 0 Å².